The third-order valence-corrected chi connectivity index (χ3v) is 6.98. The van der Waals surface area contributed by atoms with Gasteiger partial charge in [0.1, 0.15) is 11.5 Å². The lowest BCUT2D eigenvalue weighted by Gasteiger charge is -2.31. The summed E-state index contributed by atoms with van der Waals surface area (Å²) >= 11 is 1.34. The van der Waals surface area contributed by atoms with Gasteiger partial charge in [-0.25, -0.2) is 13.2 Å². The summed E-state index contributed by atoms with van der Waals surface area (Å²) in [6.07, 6.45) is 0. The van der Waals surface area contributed by atoms with E-state index in [1.165, 1.54) is 27.6 Å². The van der Waals surface area contributed by atoms with Crippen LogP contribution in [0.25, 0.3) is 0 Å². The normalized spacial score (nSPS) is 19.7. The van der Waals surface area contributed by atoms with Gasteiger partial charge >= 0.3 is 6.03 Å². The summed E-state index contributed by atoms with van der Waals surface area (Å²) in [6, 6.07) is 4.62. The van der Waals surface area contributed by atoms with E-state index in [1.54, 1.807) is 18.5 Å². The van der Waals surface area contributed by atoms with Crippen LogP contribution in [0, 0.1) is 6.92 Å². The molecule has 1 N–H and O–H groups in total. The van der Waals surface area contributed by atoms with Crippen molar-refractivity contribution in [1.29, 1.82) is 0 Å². The highest BCUT2D eigenvalue weighted by molar-refractivity contribution is 7.89. The highest BCUT2D eigenvalue weighted by atomic mass is 32.2. The molecule has 7 nitrogen and oxygen atoms in total. The van der Waals surface area contributed by atoms with Crippen molar-refractivity contribution >= 4 is 27.4 Å². The molecule has 0 unspecified atom stereocenters. The zero-order valence-corrected chi connectivity index (χ0v) is 15.3. The molecule has 130 valence electrons. The number of urea groups is 1. The molecule has 1 atom stereocenters. The second-order valence-corrected chi connectivity index (χ2v) is 8.77. The van der Waals surface area contributed by atoms with E-state index in [2.05, 4.69) is 5.32 Å². The molecular formula is C15H19N3O4S2. The molecule has 0 saturated carbocycles. The minimum Gasteiger partial charge on any atom is -0.464 e. The van der Waals surface area contributed by atoms with Gasteiger partial charge in [-0.15, -0.1) is 11.3 Å². The third-order valence-electron chi connectivity index (χ3n) is 3.94. The first-order chi connectivity index (χ1) is 11.3. The Bertz CT molecular complexity index is 856. The Morgan fingerprint density at radius 2 is 2.21 bits per heavy atom. The summed E-state index contributed by atoms with van der Waals surface area (Å²) in [5.74, 6) is 1.49. The fourth-order valence-corrected chi connectivity index (χ4v) is 5.33. The van der Waals surface area contributed by atoms with Crippen molar-refractivity contribution < 1.29 is 17.6 Å². The molecule has 1 aliphatic rings. The van der Waals surface area contributed by atoms with Crippen LogP contribution in [0.1, 0.15) is 22.4 Å². The van der Waals surface area contributed by atoms with Crippen molar-refractivity contribution in [2.45, 2.75) is 24.4 Å². The maximum absolute atomic E-state index is 12.4. The van der Waals surface area contributed by atoms with Gasteiger partial charge in [0, 0.05) is 25.5 Å². The number of nitrogens with zero attached hydrogens (tertiary/aromatic N) is 2. The number of sulfonamides is 1. The molecule has 0 spiro atoms. The fraction of sp³-hybridized carbons (Fsp3) is 0.400. The van der Waals surface area contributed by atoms with Crippen molar-refractivity contribution in [3.63, 3.8) is 0 Å². The first-order valence-corrected chi connectivity index (χ1v) is 9.71. The van der Waals surface area contributed by atoms with Crippen LogP contribution < -0.4 is 5.32 Å². The average Bonchev–Trinajstić information content (AvgIpc) is 3.14. The summed E-state index contributed by atoms with van der Waals surface area (Å²) in [4.78, 5) is 14.9. The van der Waals surface area contributed by atoms with E-state index in [9.17, 15) is 13.2 Å². The van der Waals surface area contributed by atoms with Crippen molar-refractivity contribution in [3.05, 3.63) is 40.0 Å². The molecule has 0 bridgehead atoms. The first-order valence-electron chi connectivity index (χ1n) is 7.39. The molecule has 0 fully saturated rings. The number of nitrogens with one attached hydrogen (secondary N) is 1. The van der Waals surface area contributed by atoms with E-state index in [-0.39, 0.29) is 23.5 Å². The lowest BCUT2D eigenvalue weighted by atomic mass is 10.2. The van der Waals surface area contributed by atoms with Crippen LogP contribution in [0.4, 0.5) is 4.79 Å². The summed E-state index contributed by atoms with van der Waals surface area (Å²) in [6.45, 7) is 2.41. The van der Waals surface area contributed by atoms with Gasteiger partial charge < -0.3 is 14.6 Å². The predicted molar refractivity (Wildman–Crippen MR) is 90.3 cm³/mol. The van der Waals surface area contributed by atoms with Crippen molar-refractivity contribution in [3.8, 4) is 0 Å². The molecule has 2 amide bonds. The number of rotatable bonds is 3. The topological polar surface area (TPSA) is 82.9 Å². The number of likely N-dealkylation sites (N-methyl/N-ethyl adjacent to an activating group) is 1. The SMILES string of the molecule is Cc1ccc(CN(C)C(=O)N[C@@H]2CN(C)S(=O)(=O)c3ccsc32)o1. The van der Waals surface area contributed by atoms with Crippen LogP contribution in [-0.4, -0.2) is 44.3 Å². The summed E-state index contributed by atoms with van der Waals surface area (Å²) < 4.78 is 31.3. The first kappa shape index (κ1) is 17.0. The lowest BCUT2D eigenvalue weighted by Crippen LogP contribution is -2.46. The van der Waals surface area contributed by atoms with Gasteiger partial charge in [-0.2, -0.15) is 4.31 Å². The maximum Gasteiger partial charge on any atom is 0.318 e. The lowest BCUT2D eigenvalue weighted by molar-refractivity contribution is 0.196. The van der Waals surface area contributed by atoms with Crippen molar-refractivity contribution in [2.75, 3.05) is 20.6 Å². The van der Waals surface area contributed by atoms with E-state index in [0.29, 0.717) is 17.2 Å². The Hall–Kier alpha value is -1.84. The van der Waals surface area contributed by atoms with Gasteiger partial charge in [0.05, 0.1) is 17.5 Å². The number of hydrogen-bond acceptors (Lipinski definition) is 5. The average molecular weight is 369 g/mol. The molecule has 0 aromatic carbocycles. The predicted octanol–water partition coefficient (Wildman–Crippen LogP) is 2.17. The standard InChI is InChI=1S/C15H19N3O4S2/c1-10-4-5-11(22-10)8-17(2)15(19)16-12-9-18(3)24(20,21)13-6-7-23-14(12)13/h4-7,12H,8-9H2,1-3H3,(H,16,19)/t12-/m1/s1. The highest BCUT2D eigenvalue weighted by Gasteiger charge is 2.36. The second kappa shape index (κ2) is 6.23. The second-order valence-electron chi connectivity index (χ2n) is 5.81. The molecule has 2 aromatic heterocycles. The van der Waals surface area contributed by atoms with Gasteiger partial charge in [0.25, 0.3) is 0 Å². The van der Waals surface area contributed by atoms with Crippen LogP contribution in [0.15, 0.2) is 32.9 Å². The Kier molecular flexibility index (Phi) is 4.41. The van der Waals surface area contributed by atoms with Crippen molar-refractivity contribution in [1.82, 2.24) is 14.5 Å². The van der Waals surface area contributed by atoms with Crippen LogP contribution >= 0.6 is 11.3 Å². The van der Waals surface area contributed by atoms with Crippen molar-refractivity contribution in [2.24, 2.45) is 0 Å². The number of carbonyl (C=O) groups excluding carboxylic acids is 1. The largest absolute Gasteiger partial charge is 0.464 e. The number of fused-ring (bicyclic) bond motifs is 1. The van der Waals surface area contributed by atoms with Gasteiger partial charge in [-0.1, -0.05) is 0 Å². The summed E-state index contributed by atoms with van der Waals surface area (Å²) in [5, 5.41) is 4.64. The Labute approximate surface area is 144 Å². The Morgan fingerprint density at radius 1 is 1.46 bits per heavy atom. The monoisotopic (exact) mass is 369 g/mol. The Morgan fingerprint density at radius 3 is 2.88 bits per heavy atom. The molecule has 24 heavy (non-hydrogen) atoms. The van der Waals surface area contributed by atoms with E-state index >= 15 is 0 Å². The molecule has 0 aliphatic carbocycles. The zero-order chi connectivity index (χ0) is 17.5. The zero-order valence-electron chi connectivity index (χ0n) is 13.6. The molecule has 3 heterocycles. The van der Waals surface area contributed by atoms with E-state index in [0.717, 1.165) is 5.76 Å². The molecule has 0 saturated heterocycles. The molecule has 0 radical (unpaired) electrons. The fourth-order valence-electron chi connectivity index (χ4n) is 2.63. The van der Waals surface area contributed by atoms with Crippen LogP contribution in [-0.2, 0) is 16.6 Å². The van der Waals surface area contributed by atoms with E-state index in [4.69, 9.17) is 4.42 Å². The van der Waals surface area contributed by atoms with Gasteiger partial charge in [0.15, 0.2) is 0 Å². The van der Waals surface area contributed by atoms with Gasteiger partial charge in [-0.05, 0) is 30.5 Å². The molecular weight excluding hydrogens is 350 g/mol. The van der Waals surface area contributed by atoms with Crippen LogP contribution in [0.2, 0.25) is 0 Å². The third kappa shape index (κ3) is 3.06. The maximum atomic E-state index is 12.4. The summed E-state index contributed by atoms with van der Waals surface area (Å²) in [7, 11) is -0.258. The quantitative estimate of drug-likeness (QED) is 0.899. The molecule has 9 heteroatoms. The number of hydrogen-bond donors (Lipinski definition) is 1. The number of furan rings is 1. The van der Waals surface area contributed by atoms with Gasteiger partial charge in [-0.3, -0.25) is 0 Å². The summed E-state index contributed by atoms with van der Waals surface area (Å²) in [5.41, 5.74) is 0. The molecule has 3 rings (SSSR count). The number of thiophene rings is 1. The minimum absolute atomic E-state index is 0.218. The molecule has 1 aliphatic heterocycles. The van der Waals surface area contributed by atoms with E-state index in [1.807, 2.05) is 19.1 Å². The highest BCUT2D eigenvalue weighted by Crippen LogP contribution is 2.35. The molecule has 2 aromatic rings. The number of aryl methyl sites for hydroxylation is 1. The van der Waals surface area contributed by atoms with Crippen LogP contribution in [0.3, 0.4) is 0 Å². The smallest absolute Gasteiger partial charge is 0.318 e. The Balaban J connectivity index is 1.73. The minimum atomic E-state index is -3.45. The van der Waals surface area contributed by atoms with Gasteiger partial charge in [0.2, 0.25) is 10.0 Å². The number of carbonyl (C=O) groups is 1. The van der Waals surface area contributed by atoms with Crippen LogP contribution in [0.5, 0.6) is 0 Å². The van der Waals surface area contributed by atoms with E-state index < -0.39 is 10.0 Å². The number of amides is 2.